The number of unbranched alkanes of at least 4 members (excludes halogenated alkanes) is 12. The maximum absolute atomic E-state index is 13.0. The molecule has 4 unspecified atom stereocenters. The van der Waals surface area contributed by atoms with Crippen molar-refractivity contribution in [2.24, 2.45) is 0 Å². The van der Waals surface area contributed by atoms with Crippen molar-refractivity contribution in [1.82, 2.24) is 0 Å². The number of aliphatic hydroxyl groups is 3. The molecule has 0 spiro atoms. The van der Waals surface area contributed by atoms with Crippen molar-refractivity contribution in [3.8, 4) is 59.2 Å². The average Bonchev–Trinajstić information content (AvgIpc) is 3.15. The zero-order chi connectivity index (χ0) is 44.3. The first-order chi connectivity index (χ1) is 27.8. The highest BCUT2D eigenvalue weighted by Gasteiger charge is 2.56. The normalized spacial score (nSPS) is 21.5. The highest BCUT2D eigenvalue weighted by molar-refractivity contribution is 7.47. The van der Waals surface area contributed by atoms with Crippen molar-refractivity contribution in [2.75, 3.05) is 13.2 Å². The molecule has 8 atom stereocenters. The number of phosphoric ester groups is 3. The zero-order valence-corrected chi connectivity index (χ0v) is 35.4. The second-order valence-electron chi connectivity index (χ2n) is 13.0. The Hall–Kier alpha value is -3.05. The number of rotatable bonds is 26. The number of carbonyl (C=O) groups is 2. The van der Waals surface area contributed by atoms with Crippen molar-refractivity contribution in [1.29, 1.82) is 0 Å². The largest absolute Gasteiger partial charge is 0.472 e. The first-order valence-corrected chi connectivity index (χ1v) is 23.3. The van der Waals surface area contributed by atoms with Crippen LogP contribution >= 0.6 is 23.5 Å². The van der Waals surface area contributed by atoms with Gasteiger partial charge in [-0.2, -0.15) is 0 Å². The molecular formula is C37H53O19P3. The summed E-state index contributed by atoms with van der Waals surface area (Å²) in [6.07, 6.45) is -2.90. The molecule has 1 rings (SSSR count). The van der Waals surface area contributed by atoms with Gasteiger partial charge in [-0.3, -0.25) is 22.9 Å². The second-order valence-corrected chi connectivity index (χ2v) is 16.8. The van der Waals surface area contributed by atoms with Gasteiger partial charge in [-0.25, -0.2) is 18.5 Å². The van der Waals surface area contributed by atoms with Crippen LogP contribution < -0.4 is 0 Å². The highest BCUT2D eigenvalue weighted by Crippen LogP contribution is 2.51. The molecule has 0 aliphatic heterocycles. The molecule has 1 aliphatic carbocycles. The molecular weight excluding hydrogens is 841 g/mol. The van der Waals surface area contributed by atoms with Crippen molar-refractivity contribution in [3.05, 3.63) is 0 Å². The van der Waals surface area contributed by atoms with E-state index >= 15 is 0 Å². The molecule has 22 heteroatoms. The summed E-state index contributed by atoms with van der Waals surface area (Å²) in [4.78, 5) is 72.2. The number of ether oxygens (including phenoxy) is 2. The number of carbonyl (C=O) groups excluding carboxylic acids is 2. The predicted molar refractivity (Wildman–Crippen MR) is 208 cm³/mol. The second kappa shape index (κ2) is 29.2. The Morgan fingerprint density at radius 2 is 1.02 bits per heavy atom. The lowest BCUT2D eigenvalue weighted by Crippen LogP contribution is -2.65. The minimum absolute atomic E-state index is 0.0710. The topological polar surface area (TPSA) is 303 Å². The van der Waals surface area contributed by atoms with Gasteiger partial charge in [0.2, 0.25) is 0 Å². The molecule has 0 aromatic carbocycles. The molecule has 0 radical (unpaired) electrons. The van der Waals surface area contributed by atoms with Gasteiger partial charge in [0, 0.05) is 12.3 Å². The van der Waals surface area contributed by atoms with E-state index in [1.807, 2.05) is 5.92 Å². The van der Waals surface area contributed by atoms with Gasteiger partial charge in [-0.05, 0) is 60.7 Å². The van der Waals surface area contributed by atoms with Crippen molar-refractivity contribution in [2.45, 2.75) is 146 Å². The summed E-state index contributed by atoms with van der Waals surface area (Å²) < 4.78 is 64.4. The Balaban J connectivity index is 2.93. The van der Waals surface area contributed by atoms with E-state index in [4.69, 9.17) is 18.5 Å². The van der Waals surface area contributed by atoms with E-state index in [2.05, 4.69) is 69.3 Å². The van der Waals surface area contributed by atoms with Gasteiger partial charge < -0.3 is 49.3 Å². The summed E-state index contributed by atoms with van der Waals surface area (Å²) in [6.45, 7) is 1.99. The Morgan fingerprint density at radius 3 is 1.51 bits per heavy atom. The van der Waals surface area contributed by atoms with Crippen LogP contribution in [0.2, 0.25) is 0 Å². The van der Waals surface area contributed by atoms with Crippen LogP contribution in [-0.4, -0.2) is 108 Å². The molecule has 1 aliphatic rings. The summed E-state index contributed by atoms with van der Waals surface area (Å²) in [7, 11) is -16.7. The fraction of sp³-hybridized carbons (Fsp3) is 0.676. The van der Waals surface area contributed by atoms with Crippen LogP contribution in [0.15, 0.2) is 0 Å². The van der Waals surface area contributed by atoms with E-state index in [0.29, 0.717) is 12.8 Å². The van der Waals surface area contributed by atoms with Crippen LogP contribution in [0.1, 0.15) is 104 Å². The standard InChI is InChI=1S/C37H53O19P3/c1-3-5-7-9-11-13-14-15-16-18-20-22-24-26-31(39)53-29(27-51-30(38)25-23-21-19-17-12-10-8-6-4-2)28-52-59(49,50)56-35-32(40)33(41)36(54-57(43,44)45)37(34(35)42)55-58(46,47)48/h29,32-37,40-42H,3,5,7,9,11,13-16,18,20,22,24,26-28H2,1-2H3,(H,49,50)(H2,43,44,45)(H2,46,47,48)/t29-,32?,33+,34-,35?,36+,37?/m1/s1. The third kappa shape index (κ3) is 26.0. The highest BCUT2D eigenvalue weighted by atomic mass is 31.2. The fourth-order valence-corrected chi connectivity index (χ4v) is 7.50. The van der Waals surface area contributed by atoms with E-state index in [9.17, 15) is 63.1 Å². The molecule has 1 fully saturated rings. The Labute approximate surface area is 344 Å². The molecule has 0 amide bonds. The van der Waals surface area contributed by atoms with Crippen molar-refractivity contribution >= 4 is 35.4 Å². The summed E-state index contributed by atoms with van der Waals surface area (Å²) in [5, 5.41) is 31.6. The van der Waals surface area contributed by atoms with Gasteiger partial charge in [0.15, 0.2) is 6.10 Å². The minimum Gasteiger partial charge on any atom is -0.456 e. The maximum Gasteiger partial charge on any atom is 0.472 e. The Morgan fingerprint density at radius 1 is 0.576 bits per heavy atom. The molecule has 0 aromatic rings. The number of esters is 2. The minimum atomic E-state index is -5.62. The molecule has 330 valence electrons. The van der Waals surface area contributed by atoms with E-state index < -0.39 is 91.3 Å². The van der Waals surface area contributed by atoms with Crippen LogP contribution in [0, 0.1) is 59.2 Å². The summed E-state index contributed by atoms with van der Waals surface area (Å²) in [6, 6.07) is 0. The van der Waals surface area contributed by atoms with E-state index in [0.717, 1.165) is 25.7 Å². The van der Waals surface area contributed by atoms with Crippen LogP contribution in [0.3, 0.4) is 0 Å². The number of phosphoric acid groups is 3. The van der Waals surface area contributed by atoms with Gasteiger partial charge in [-0.1, -0.05) is 89.9 Å². The Bertz CT molecular complexity index is 1790. The lowest BCUT2D eigenvalue weighted by molar-refractivity contribution is -0.213. The fourth-order valence-electron chi connectivity index (χ4n) is 5.40. The van der Waals surface area contributed by atoms with Gasteiger partial charge >= 0.3 is 35.4 Å². The van der Waals surface area contributed by atoms with Gasteiger partial charge in [-0.15, -0.1) is 0 Å². The Kier molecular flexibility index (Phi) is 26.8. The average molecular weight is 895 g/mol. The van der Waals surface area contributed by atoms with Crippen molar-refractivity contribution < 1.29 is 90.6 Å². The van der Waals surface area contributed by atoms with Gasteiger partial charge in [0.1, 0.15) is 43.2 Å². The van der Waals surface area contributed by atoms with E-state index in [1.165, 1.54) is 44.9 Å². The first-order valence-electron chi connectivity index (χ1n) is 18.8. The predicted octanol–water partition coefficient (Wildman–Crippen LogP) is 2.51. The maximum atomic E-state index is 13.0. The summed E-state index contributed by atoms with van der Waals surface area (Å²) >= 11 is 0. The molecule has 19 nitrogen and oxygen atoms in total. The van der Waals surface area contributed by atoms with Crippen LogP contribution in [-0.2, 0) is 50.9 Å². The quantitative estimate of drug-likeness (QED) is 0.0203. The lowest BCUT2D eigenvalue weighted by Gasteiger charge is -2.44. The summed E-state index contributed by atoms with van der Waals surface area (Å²) in [5.41, 5.74) is 0. The van der Waals surface area contributed by atoms with Crippen LogP contribution in [0.4, 0.5) is 0 Å². The van der Waals surface area contributed by atoms with Crippen LogP contribution in [0.5, 0.6) is 0 Å². The van der Waals surface area contributed by atoms with E-state index in [-0.39, 0.29) is 6.42 Å². The molecule has 0 heterocycles. The lowest BCUT2D eigenvalue weighted by atomic mass is 9.85. The van der Waals surface area contributed by atoms with E-state index in [1.54, 1.807) is 6.92 Å². The van der Waals surface area contributed by atoms with Crippen LogP contribution in [0.25, 0.3) is 0 Å². The molecule has 0 bridgehead atoms. The number of aliphatic hydroxyl groups excluding tert-OH is 3. The monoisotopic (exact) mass is 894 g/mol. The first kappa shape index (κ1) is 54.0. The smallest absolute Gasteiger partial charge is 0.456 e. The number of hydrogen-bond donors (Lipinski definition) is 8. The third-order valence-electron chi connectivity index (χ3n) is 8.13. The summed E-state index contributed by atoms with van der Waals surface area (Å²) in [5.74, 6) is 21.5. The van der Waals surface area contributed by atoms with Gasteiger partial charge in [0.25, 0.3) is 0 Å². The third-order valence-corrected chi connectivity index (χ3v) is 10.1. The zero-order valence-electron chi connectivity index (χ0n) is 32.8. The SMILES string of the molecule is CC#CC#CC#CC#CC#CC(=O)OC[C@H](COP(=O)(O)OC1C(O)[C@H](O)[C@H](OP(=O)(O)O)C(OP(=O)(O)O)[C@@H]1O)OC(=O)CCCCCCCCCCCCCCC. The molecule has 1 saturated carbocycles. The molecule has 8 N–H and O–H groups in total. The molecule has 0 aromatic heterocycles. The van der Waals surface area contributed by atoms with Crippen molar-refractivity contribution in [3.63, 3.8) is 0 Å². The number of hydrogen-bond acceptors (Lipinski definition) is 14. The molecule has 59 heavy (non-hydrogen) atoms. The van der Waals surface area contributed by atoms with Gasteiger partial charge in [0.05, 0.1) is 6.61 Å². The molecule has 0 saturated heterocycles.